The summed E-state index contributed by atoms with van der Waals surface area (Å²) in [6.45, 7) is 3.46. The number of hydrogen-bond donors (Lipinski definition) is 3. The maximum Gasteiger partial charge on any atom is 0.237 e. The molecule has 0 saturated carbocycles. The third-order valence-corrected chi connectivity index (χ3v) is 6.92. The number of nitrogens with one attached hydrogen (secondary N) is 2. The Balaban J connectivity index is 1.22. The second-order valence-corrected chi connectivity index (χ2v) is 9.45. The van der Waals surface area contributed by atoms with E-state index in [1.54, 1.807) is 12.4 Å². The molecule has 2 atom stereocenters. The summed E-state index contributed by atoms with van der Waals surface area (Å²) in [6, 6.07) is 17.7. The lowest BCUT2D eigenvalue weighted by molar-refractivity contribution is -0.128. The van der Waals surface area contributed by atoms with Crippen LogP contribution < -0.4 is 10.6 Å². The topological polar surface area (TPSA) is 103 Å². The molecule has 3 N–H and O–H groups in total. The quantitative estimate of drug-likeness (QED) is 0.331. The summed E-state index contributed by atoms with van der Waals surface area (Å²) in [5, 5.41) is 16.7. The number of amides is 1. The average molecular weight is 497 g/mol. The fourth-order valence-electron chi connectivity index (χ4n) is 4.88. The van der Waals surface area contributed by atoms with Crippen molar-refractivity contribution in [3.63, 3.8) is 0 Å². The standard InChI is InChI=1S/C29H32N6O2/c1-20(32-28(37)27-4-2-3-15-35(27)16-17-36)21-5-8-25(9-6-21)33-29-31-19-24-18-23(7-10-26(24)34-29)22-11-13-30-14-12-22/h5-14,18-20,27,36H,2-4,15-17H2,1H3,(H,32,37)(H,31,33,34)/t20-,27-/m1/s1. The van der Waals surface area contributed by atoms with Crippen molar-refractivity contribution in [2.75, 3.05) is 25.0 Å². The number of β-amino-alcohol motifs (C(OH)–C–C–N with tert-alkyl or cyclic N) is 1. The van der Waals surface area contributed by atoms with Crippen LogP contribution in [0, 0.1) is 0 Å². The molecule has 8 nitrogen and oxygen atoms in total. The van der Waals surface area contributed by atoms with Crippen LogP contribution in [0.3, 0.4) is 0 Å². The molecular formula is C29H32N6O2. The van der Waals surface area contributed by atoms with Gasteiger partial charge in [-0.3, -0.25) is 14.7 Å². The number of pyridine rings is 1. The predicted octanol–water partition coefficient (Wildman–Crippen LogP) is 4.46. The zero-order chi connectivity index (χ0) is 25.6. The second-order valence-electron chi connectivity index (χ2n) is 9.45. The third-order valence-electron chi connectivity index (χ3n) is 6.92. The summed E-state index contributed by atoms with van der Waals surface area (Å²) in [5.74, 6) is 0.555. The second kappa shape index (κ2) is 11.5. The van der Waals surface area contributed by atoms with Gasteiger partial charge in [0.25, 0.3) is 0 Å². The summed E-state index contributed by atoms with van der Waals surface area (Å²) in [7, 11) is 0. The first-order valence-corrected chi connectivity index (χ1v) is 12.8. The van der Waals surface area contributed by atoms with Gasteiger partial charge in [-0.1, -0.05) is 24.6 Å². The summed E-state index contributed by atoms with van der Waals surface area (Å²) in [4.78, 5) is 28.2. The largest absolute Gasteiger partial charge is 0.395 e. The van der Waals surface area contributed by atoms with E-state index < -0.39 is 0 Å². The highest BCUT2D eigenvalue weighted by atomic mass is 16.3. The third kappa shape index (κ3) is 5.93. The molecule has 37 heavy (non-hydrogen) atoms. The number of carbonyl (C=O) groups excluding carboxylic acids is 1. The highest BCUT2D eigenvalue weighted by molar-refractivity contribution is 5.85. The Bertz CT molecular complexity index is 1340. The number of rotatable bonds is 8. The number of benzene rings is 2. The zero-order valence-electron chi connectivity index (χ0n) is 21.0. The van der Waals surface area contributed by atoms with Crippen molar-refractivity contribution in [1.29, 1.82) is 0 Å². The lowest BCUT2D eigenvalue weighted by Gasteiger charge is -2.34. The fraction of sp³-hybridized carbons (Fsp3) is 0.310. The van der Waals surface area contributed by atoms with Crippen LogP contribution in [0.25, 0.3) is 22.0 Å². The van der Waals surface area contributed by atoms with Gasteiger partial charge < -0.3 is 15.7 Å². The maximum atomic E-state index is 12.9. The average Bonchev–Trinajstić information content (AvgIpc) is 2.94. The van der Waals surface area contributed by atoms with E-state index in [0.29, 0.717) is 12.5 Å². The van der Waals surface area contributed by atoms with Crippen LogP contribution in [-0.2, 0) is 4.79 Å². The molecule has 2 aromatic carbocycles. The highest BCUT2D eigenvalue weighted by Gasteiger charge is 2.29. The van der Waals surface area contributed by atoms with Gasteiger partial charge in [0.2, 0.25) is 11.9 Å². The van der Waals surface area contributed by atoms with Crippen molar-refractivity contribution in [3.05, 3.63) is 78.8 Å². The van der Waals surface area contributed by atoms with Crippen LogP contribution in [-0.4, -0.2) is 56.6 Å². The van der Waals surface area contributed by atoms with Crippen LogP contribution in [0.15, 0.2) is 73.2 Å². The molecule has 0 radical (unpaired) electrons. The van der Waals surface area contributed by atoms with Gasteiger partial charge in [-0.25, -0.2) is 9.97 Å². The van der Waals surface area contributed by atoms with Crippen LogP contribution >= 0.6 is 0 Å². The molecule has 1 aliphatic rings. The number of likely N-dealkylation sites (tertiary alicyclic amines) is 1. The lowest BCUT2D eigenvalue weighted by atomic mass is 10.0. The minimum absolute atomic E-state index is 0.0273. The highest BCUT2D eigenvalue weighted by Crippen LogP contribution is 2.25. The van der Waals surface area contributed by atoms with Crippen molar-refractivity contribution < 1.29 is 9.90 Å². The van der Waals surface area contributed by atoms with E-state index in [4.69, 9.17) is 0 Å². The molecular weight excluding hydrogens is 464 g/mol. The van der Waals surface area contributed by atoms with Gasteiger partial charge in [0.05, 0.1) is 24.2 Å². The van der Waals surface area contributed by atoms with E-state index in [1.165, 1.54) is 0 Å². The van der Waals surface area contributed by atoms with Gasteiger partial charge >= 0.3 is 0 Å². The van der Waals surface area contributed by atoms with Gasteiger partial charge in [0.15, 0.2) is 0 Å². The molecule has 0 unspecified atom stereocenters. The Hall–Kier alpha value is -3.88. The first kappa shape index (κ1) is 24.8. The van der Waals surface area contributed by atoms with Crippen molar-refractivity contribution in [2.24, 2.45) is 0 Å². The molecule has 1 saturated heterocycles. The zero-order valence-corrected chi connectivity index (χ0v) is 21.0. The van der Waals surface area contributed by atoms with Crippen molar-refractivity contribution in [1.82, 2.24) is 25.2 Å². The molecule has 2 aromatic heterocycles. The minimum atomic E-state index is -0.171. The van der Waals surface area contributed by atoms with Crippen molar-refractivity contribution in [2.45, 2.75) is 38.3 Å². The molecule has 1 fully saturated rings. The summed E-state index contributed by atoms with van der Waals surface area (Å²) in [6.07, 6.45) is 8.34. The molecule has 0 bridgehead atoms. The molecule has 0 aliphatic carbocycles. The van der Waals surface area contributed by atoms with Gasteiger partial charge in [-0.05, 0) is 79.4 Å². The summed E-state index contributed by atoms with van der Waals surface area (Å²) < 4.78 is 0. The number of carbonyl (C=O) groups is 1. The van der Waals surface area contributed by atoms with Crippen LogP contribution in [0.5, 0.6) is 0 Å². The first-order valence-electron chi connectivity index (χ1n) is 12.8. The van der Waals surface area contributed by atoms with E-state index in [2.05, 4.69) is 42.6 Å². The number of fused-ring (bicyclic) bond motifs is 1. The van der Waals surface area contributed by atoms with Crippen LogP contribution in [0.1, 0.15) is 37.8 Å². The van der Waals surface area contributed by atoms with Crippen LogP contribution in [0.4, 0.5) is 11.6 Å². The molecule has 4 aromatic rings. The van der Waals surface area contributed by atoms with E-state index in [-0.39, 0.29) is 24.6 Å². The number of aromatic nitrogens is 3. The smallest absolute Gasteiger partial charge is 0.237 e. The lowest BCUT2D eigenvalue weighted by Crippen LogP contribution is -2.50. The summed E-state index contributed by atoms with van der Waals surface area (Å²) in [5.41, 5.74) is 4.95. The Morgan fingerprint density at radius 1 is 1.08 bits per heavy atom. The number of piperidine rings is 1. The van der Waals surface area contributed by atoms with Crippen LogP contribution in [0.2, 0.25) is 0 Å². The Morgan fingerprint density at radius 2 is 1.89 bits per heavy atom. The van der Waals surface area contributed by atoms with Crippen molar-refractivity contribution in [3.8, 4) is 11.1 Å². The molecule has 5 rings (SSSR count). The maximum absolute atomic E-state index is 12.9. The predicted molar refractivity (Wildman–Crippen MR) is 145 cm³/mol. The molecule has 1 aliphatic heterocycles. The molecule has 0 spiro atoms. The van der Waals surface area contributed by atoms with Gasteiger partial charge in [0, 0.05) is 36.2 Å². The minimum Gasteiger partial charge on any atom is -0.395 e. The van der Waals surface area contributed by atoms with Gasteiger partial charge in [-0.2, -0.15) is 0 Å². The summed E-state index contributed by atoms with van der Waals surface area (Å²) >= 11 is 0. The fourth-order valence-corrected chi connectivity index (χ4v) is 4.88. The number of aliphatic hydroxyl groups excluding tert-OH is 1. The molecule has 190 valence electrons. The normalized spacial score (nSPS) is 16.9. The van der Waals surface area contributed by atoms with E-state index in [9.17, 15) is 9.90 Å². The SMILES string of the molecule is C[C@@H](NC(=O)[C@H]1CCCCN1CCO)c1ccc(Nc2ncc3cc(-c4ccncc4)ccc3n2)cc1. The number of nitrogens with zero attached hydrogens (tertiary/aromatic N) is 4. The molecule has 3 heterocycles. The molecule has 8 heteroatoms. The van der Waals surface area contributed by atoms with Crippen molar-refractivity contribution >= 4 is 28.4 Å². The monoisotopic (exact) mass is 496 g/mol. The number of anilines is 2. The number of aliphatic hydroxyl groups is 1. The van der Waals surface area contributed by atoms with Gasteiger partial charge in [0.1, 0.15) is 0 Å². The Labute approximate surface area is 216 Å². The number of hydrogen-bond acceptors (Lipinski definition) is 7. The Morgan fingerprint density at radius 3 is 2.68 bits per heavy atom. The Kier molecular flexibility index (Phi) is 7.67. The molecule has 1 amide bonds. The van der Waals surface area contributed by atoms with E-state index in [1.807, 2.05) is 55.6 Å². The van der Waals surface area contributed by atoms with E-state index in [0.717, 1.165) is 59.1 Å². The first-order chi connectivity index (χ1) is 18.1. The van der Waals surface area contributed by atoms with Gasteiger partial charge in [-0.15, -0.1) is 0 Å². The van der Waals surface area contributed by atoms with E-state index >= 15 is 0 Å².